The summed E-state index contributed by atoms with van der Waals surface area (Å²) in [5, 5.41) is 12.1. The summed E-state index contributed by atoms with van der Waals surface area (Å²) in [6, 6.07) is 14.3. The predicted octanol–water partition coefficient (Wildman–Crippen LogP) is 4.43. The number of nitrogens with one attached hydrogen (secondary N) is 2. The van der Waals surface area contributed by atoms with Crippen LogP contribution in [0.15, 0.2) is 59.5 Å². The fourth-order valence-corrected chi connectivity index (χ4v) is 4.35. The first-order valence-corrected chi connectivity index (χ1v) is 12.5. The smallest absolute Gasteiger partial charge is 0.267 e. The zero-order valence-corrected chi connectivity index (χ0v) is 20.9. The quantitative estimate of drug-likeness (QED) is 0.241. The molecule has 0 atom stereocenters. The Labute approximate surface area is 210 Å². The van der Waals surface area contributed by atoms with Crippen LogP contribution in [0.1, 0.15) is 61.4 Å². The molecule has 0 aliphatic rings. The number of pyridine rings is 2. The lowest BCUT2D eigenvalue weighted by molar-refractivity contribution is 0.0948. The van der Waals surface area contributed by atoms with Crippen LogP contribution in [0.5, 0.6) is 5.75 Å². The van der Waals surface area contributed by atoms with E-state index in [9.17, 15) is 9.59 Å². The Bertz CT molecular complexity index is 1470. The molecular formula is C28H33N5O3. The maximum atomic E-state index is 13.3. The number of fused-ring (bicyclic) bond motifs is 2. The highest BCUT2D eigenvalue weighted by Gasteiger charge is 2.17. The SMILES string of the molecule is CCCCCCCCn1c(=N)c(C(=O)NCc2ccc(OC)cc2)cc2c(=O)n3ccccc3nc21. The zero-order valence-electron chi connectivity index (χ0n) is 20.9. The Balaban J connectivity index is 1.68. The molecule has 36 heavy (non-hydrogen) atoms. The van der Waals surface area contributed by atoms with Crippen LogP contribution in [-0.4, -0.2) is 27.0 Å². The zero-order chi connectivity index (χ0) is 25.5. The Morgan fingerprint density at radius 2 is 1.81 bits per heavy atom. The second-order valence-corrected chi connectivity index (χ2v) is 8.94. The van der Waals surface area contributed by atoms with Gasteiger partial charge in [0, 0.05) is 19.3 Å². The summed E-state index contributed by atoms with van der Waals surface area (Å²) in [7, 11) is 1.60. The third kappa shape index (κ3) is 5.48. The lowest BCUT2D eigenvalue weighted by Gasteiger charge is -2.15. The molecule has 0 spiro atoms. The minimum absolute atomic E-state index is 0.0653. The first-order chi connectivity index (χ1) is 17.5. The predicted molar refractivity (Wildman–Crippen MR) is 140 cm³/mol. The molecule has 0 fully saturated rings. The standard InChI is InChI=1S/C28H33N5O3/c1-3-4-5-6-7-9-17-33-25(29)22(27(34)30-19-20-12-14-21(36-2)15-13-20)18-23-26(33)31-24-11-8-10-16-32(24)28(23)35/h8,10-16,18,29H,3-7,9,17,19H2,1-2H3,(H,30,34). The number of hydrogen-bond donors (Lipinski definition) is 2. The Morgan fingerprint density at radius 3 is 2.56 bits per heavy atom. The van der Waals surface area contributed by atoms with Crippen molar-refractivity contribution < 1.29 is 9.53 Å². The molecule has 0 radical (unpaired) electrons. The van der Waals surface area contributed by atoms with Crippen molar-refractivity contribution in [3.63, 3.8) is 0 Å². The maximum Gasteiger partial charge on any atom is 0.267 e. The Hall–Kier alpha value is -3.94. The average Bonchev–Trinajstić information content (AvgIpc) is 2.90. The van der Waals surface area contributed by atoms with E-state index in [0.717, 1.165) is 30.6 Å². The molecule has 4 aromatic rings. The van der Waals surface area contributed by atoms with E-state index in [1.165, 1.54) is 29.7 Å². The van der Waals surface area contributed by atoms with Gasteiger partial charge in [-0.15, -0.1) is 0 Å². The van der Waals surface area contributed by atoms with E-state index in [0.29, 0.717) is 29.8 Å². The first kappa shape index (κ1) is 25.2. The van der Waals surface area contributed by atoms with E-state index >= 15 is 0 Å². The molecule has 0 saturated heterocycles. The van der Waals surface area contributed by atoms with Crippen molar-refractivity contribution in [1.82, 2.24) is 19.3 Å². The van der Waals surface area contributed by atoms with E-state index in [1.54, 1.807) is 30.0 Å². The van der Waals surface area contributed by atoms with Gasteiger partial charge in [-0.3, -0.25) is 19.4 Å². The van der Waals surface area contributed by atoms with Crippen molar-refractivity contribution in [2.75, 3.05) is 7.11 Å². The molecule has 0 unspecified atom stereocenters. The monoisotopic (exact) mass is 487 g/mol. The highest BCUT2D eigenvalue weighted by atomic mass is 16.5. The van der Waals surface area contributed by atoms with E-state index in [-0.39, 0.29) is 16.6 Å². The number of ether oxygens (including phenoxy) is 1. The van der Waals surface area contributed by atoms with Gasteiger partial charge in [-0.25, -0.2) is 4.98 Å². The third-order valence-corrected chi connectivity index (χ3v) is 6.41. The third-order valence-electron chi connectivity index (χ3n) is 6.41. The topological polar surface area (TPSA) is 101 Å². The van der Waals surface area contributed by atoms with Gasteiger partial charge in [-0.2, -0.15) is 0 Å². The van der Waals surface area contributed by atoms with E-state index in [4.69, 9.17) is 15.1 Å². The van der Waals surface area contributed by atoms with Crippen LogP contribution >= 0.6 is 0 Å². The average molecular weight is 488 g/mol. The summed E-state index contributed by atoms with van der Waals surface area (Å²) in [5.74, 6) is 0.343. The molecule has 4 rings (SSSR count). The molecular weight excluding hydrogens is 454 g/mol. The second-order valence-electron chi connectivity index (χ2n) is 8.94. The number of carbonyl (C=O) groups excluding carboxylic acids is 1. The number of amides is 1. The molecule has 3 heterocycles. The van der Waals surface area contributed by atoms with Gasteiger partial charge in [-0.1, -0.05) is 57.2 Å². The number of hydrogen-bond acceptors (Lipinski definition) is 5. The summed E-state index contributed by atoms with van der Waals surface area (Å²) in [6.07, 6.45) is 8.25. The minimum atomic E-state index is -0.396. The van der Waals surface area contributed by atoms with Crippen molar-refractivity contribution in [3.8, 4) is 5.75 Å². The van der Waals surface area contributed by atoms with Gasteiger partial charge in [0.05, 0.1) is 18.1 Å². The lowest BCUT2D eigenvalue weighted by Crippen LogP contribution is -2.34. The molecule has 3 aromatic heterocycles. The fourth-order valence-electron chi connectivity index (χ4n) is 4.35. The van der Waals surface area contributed by atoms with Crippen molar-refractivity contribution in [2.45, 2.75) is 58.5 Å². The molecule has 0 bridgehead atoms. The molecule has 0 saturated carbocycles. The number of carbonyl (C=O) groups is 1. The maximum absolute atomic E-state index is 13.3. The van der Waals surface area contributed by atoms with Gasteiger partial charge in [0.1, 0.15) is 22.5 Å². The number of rotatable bonds is 11. The van der Waals surface area contributed by atoms with Crippen LogP contribution in [-0.2, 0) is 13.1 Å². The number of benzene rings is 1. The molecule has 1 aromatic carbocycles. The van der Waals surface area contributed by atoms with Crippen LogP contribution in [0.4, 0.5) is 0 Å². The number of aryl methyl sites for hydroxylation is 1. The number of methoxy groups -OCH3 is 1. The number of nitrogens with zero attached hydrogens (tertiary/aromatic N) is 3. The van der Waals surface area contributed by atoms with Crippen molar-refractivity contribution in [1.29, 1.82) is 5.41 Å². The van der Waals surface area contributed by atoms with Gasteiger partial charge in [0.2, 0.25) is 0 Å². The van der Waals surface area contributed by atoms with E-state index in [2.05, 4.69) is 12.2 Å². The van der Waals surface area contributed by atoms with Gasteiger partial charge in [0.15, 0.2) is 0 Å². The highest BCUT2D eigenvalue weighted by molar-refractivity contribution is 5.96. The lowest BCUT2D eigenvalue weighted by atomic mass is 10.1. The normalized spacial score (nSPS) is 11.2. The molecule has 0 aliphatic heterocycles. The summed E-state index contributed by atoms with van der Waals surface area (Å²) in [4.78, 5) is 31.2. The van der Waals surface area contributed by atoms with Crippen molar-refractivity contribution in [2.24, 2.45) is 0 Å². The number of unbranched alkanes of at least 4 members (excludes halogenated alkanes) is 5. The molecule has 188 valence electrons. The Kier molecular flexibility index (Phi) is 8.15. The molecule has 1 amide bonds. The summed E-state index contributed by atoms with van der Waals surface area (Å²) < 4.78 is 8.37. The van der Waals surface area contributed by atoms with Gasteiger partial charge in [-0.05, 0) is 42.3 Å². The molecule has 2 N–H and O–H groups in total. The van der Waals surface area contributed by atoms with Crippen LogP contribution in [0.3, 0.4) is 0 Å². The summed E-state index contributed by atoms with van der Waals surface area (Å²) >= 11 is 0. The molecule has 8 nitrogen and oxygen atoms in total. The summed E-state index contributed by atoms with van der Waals surface area (Å²) in [5.41, 5.74) is 1.84. The van der Waals surface area contributed by atoms with Crippen LogP contribution in [0.25, 0.3) is 16.7 Å². The minimum Gasteiger partial charge on any atom is -0.497 e. The van der Waals surface area contributed by atoms with Crippen LogP contribution in [0.2, 0.25) is 0 Å². The van der Waals surface area contributed by atoms with Crippen molar-refractivity contribution in [3.05, 3.63) is 81.7 Å². The van der Waals surface area contributed by atoms with E-state index in [1.807, 2.05) is 30.3 Å². The second kappa shape index (κ2) is 11.7. The largest absolute Gasteiger partial charge is 0.497 e. The Morgan fingerprint density at radius 1 is 1.06 bits per heavy atom. The summed E-state index contributed by atoms with van der Waals surface area (Å²) in [6.45, 7) is 3.01. The van der Waals surface area contributed by atoms with Crippen LogP contribution in [0, 0.1) is 5.41 Å². The van der Waals surface area contributed by atoms with Gasteiger partial charge in [0.25, 0.3) is 11.5 Å². The highest BCUT2D eigenvalue weighted by Crippen LogP contribution is 2.14. The molecule has 8 heteroatoms. The molecule has 0 aliphatic carbocycles. The fraction of sp³-hybridized carbons (Fsp3) is 0.357. The van der Waals surface area contributed by atoms with Crippen LogP contribution < -0.4 is 21.1 Å². The first-order valence-electron chi connectivity index (χ1n) is 12.5. The van der Waals surface area contributed by atoms with Gasteiger partial charge < -0.3 is 14.6 Å². The van der Waals surface area contributed by atoms with Gasteiger partial charge >= 0.3 is 0 Å². The van der Waals surface area contributed by atoms with E-state index < -0.39 is 5.91 Å². The van der Waals surface area contributed by atoms with Crippen molar-refractivity contribution >= 4 is 22.6 Å². The number of aromatic nitrogens is 3.